The van der Waals surface area contributed by atoms with E-state index in [1.54, 1.807) is 0 Å². The van der Waals surface area contributed by atoms with Crippen LogP contribution in [0.1, 0.15) is 25.1 Å². The van der Waals surface area contributed by atoms with E-state index < -0.39 is 41.5 Å². The zero-order valence-corrected chi connectivity index (χ0v) is 14.6. The smallest absolute Gasteiger partial charge is 0.330 e. The van der Waals surface area contributed by atoms with Crippen molar-refractivity contribution in [2.24, 2.45) is 0 Å². The molecule has 1 fully saturated rings. The van der Waals surface area contributed by atoms with Gasteiger partial charge in [-0.05, 0) is 5.56 Å². The first kappa shape index (κ1) is 19.0. The lowest BCUT2D eigenvalue weighted by atomic mass is 10.1. The van der Waals surface area contributed by atoms with Crippen LogP contribution in [-0.2, 0) is 25.6 Å². The summed E-state index contributed by atoms with van der Waals surface area (Å²) < 4.78 is 31.2. The number of hydrogen-bond donors (Lipinski definition) is 1. The number of aromatic amines is 1. The van der Waals surface area contributed by atoms with Crippen molar-refractivity contribution in [3.63, 3.8) is 0 Å². The highest BCUT2D eigenvalue weighted by molar-refractivity contribution is 5.65. The van der Waals surface area contributed by atoms with E-state index in [1.165, 1.54) is 6.92 Å². The van der Waals surface area contributed by atoms with E-state index in [1.807, 2.05) is 35.3 Å². The molecule has 0 saturated carbocycles. The number of carbonyl (C=O) groups excluding carboxylic acids is 1. The molecule has 0 radical (unpaired) electrons. The minimum absolute atomic E-state index is 0.0636. The summed E-state index contributed by atoms with van der Waals surface area (Å²) in [5.74, 6) is -1.57. The van der Waals surface area contributed by atoms with Crippen molar-refractivity contribution in [3.05, 3.63) is 68.7 Å². The second kappa shape index (κ2) is 8.28. The van der Waals surface area contributed by atoms with Gasteiger partial charge in [0.25, 0.3) is 5.56 Å². The van der Waals surface area contributed by atoms with Crippen LogP contribution in [0, 0.1) is 5.82 Å². The highest BCUT2D eigenvalue weighted by Gasteiger charge is 2.38. The lowest BCUT2D eigenvalue weighted by Gasteiger charge is -2.18. The Labute approximate surface area is 153 Å². The van der Waals surface area contributed by atoms with Crippen molar-refractivity contribution in [1.29, 1.82) is 0 Å². The number of nitrogens with zero attached hydrogens (tertiary/aromatic N) is 1. The van der Waals surface area contributed by atoms with Gasteiger partial charge in [0, 0.05) is 13.3 Å². The molecule has 144 valence electrons. The molecule has 3 atom stereocenters. The Morgan fingerprint density at radius 2 is 2.07 bits per heavy atom. The molecule has 1 saturated heterocycles. The third kappa shape index (κ3) is 4.69. The largest absolute Gasteiger partial charge is 0.463 e. The average molecular weight is 378 g/mol. The Kier molecular flexibility index (Phi) is 5.82. The minimum atomic E-state index is -1.09. The molecule has 27 heavy (non-hydrogen) atoms. The molecular formula is C18H19FN2O6. The van der Waals surface area contributed by atoms with Gasteiger partial charge in [0.15, 0.2) is 0 Å². The van der Waals surface area contributed by atoms with Crippen molar-refractivity contribution in [2.75, 3.05) is 6.61 Å². The Bertz CT molecular complexity index is 910. The van der Waals surface area contributed by atoms with Crippen molar-refractivity contribution in [2.45, 2.75) is 38.4 Å². The van der Waals surface area contributed by atoms with Gasteiger partial charge in [0.1, 0.15) is 18.9 Å². The molecule has 1 unspecified atom stereocenters. The molecule has 1 aromatic heterocycles. The molecule has 1 aliphatic heterocycles. The number of esters is 1. The number of benzene rings is 1. The van der Waals surface area contributed by atoms with Crippen LogP contribution in [0.2, 0.25) is 0 Å². The van der Waals surface area contributed by atoms with E-state index in [0.717, 1.165) is 16.3 Å². The molecule has 3 rings (SSSR count). The fraction of sp³-hybridized carbons (Fsp3) is 0.389. The lowest BCUT2D eigenvalue weighted by Crippen LogP contribution is -2.34. The molecule has 9 heteroatoms. The van der Waals surface area contributed by atoms with Gasteiger partial charge in [-0.15, -0.1) is 0 Å². The monoisotopic (exact) mass is 378 g/mol. The number of ether oxygens (including phenoxy) is 3. The van der Waals surface area contributed by atoms with Crippen LogP contribution in [0.3, 0.4) is 0 Å². The summed E-state index contributed by atoms with van der Waals surface area (Å²) in [5, 5.41) is 0. The van der Waals surface area contributed by atoms with Gasteiger partial charge in [-0.1, -0.05) is 30.3 Å². The van der Waals surface area contributed by atoms with Gasteiger partial charge < -0.3 is 14.2 Å². The number of rotatable bonds is 6. The van der Waals surface area contributed by atoms with Crippen molar-refractivity contribution < 1.29 is 23.4 Å². The summed E-state index contributed by atoms with van der Waals surface area (Å²) in [6.45, 7) is 1.51. The summed E-state index contributed by atoms with van der Waals surface area (Å²) in [5.41, 5.74) is -0.941. The topological polar surface area (TPSA) is 99.6 Å². The summed E-state index contributed by atoms with van der Waals surface area (Å²) >= 11 is 0. The molecule has 0 spiro atoms. The molecule has 0 aliphatic carbocycles. The first-order chi connectivity index (χ1) is 12.9. The molecule has 0 bridgehead atoms. The fourth-order valence-corrected chi connectivity index (χ4v) is 2.85. The minimum Gasteiger partial charge on any atom is -0.463 e. The lowest BCUT2D eigenvalue weighted by molar-refractivity contribution is -0.148. The molecule has 1 N–H and O–H groups in total. The molecule has 1 aromatic carbocycles. The van der Waals surface area contributed by atoms with Crippen molar-refractivity contribution in [1.82, 2.24) is 9.55 Å². The van der Waals surface area contributed by atoms with Gasteiger partial charge in [0.2, 0.25) is 5.82 Å². The number of hydrogen-bond acceptors (Lipinski definition) is 6. The van der Waals surface area contributed by atoms with Gasteiger partial charge >= 0.3 is 11.7 Å². The van der Waals surface area contributed by atoms with E-state index >= 15 is 0 Å². The third-order valence-corrected chi connectivity index (χ3v) is 4.17. The summed E-state index contributed by atoms with van der Waals surface area (Å²) in [4.78, 5) is 36.2. The van der Waals surface area contributed by atoms with Crippen molar-refractivity contribution in [3.8, 4) is 0 Å². The SMILES string of the molecule is CC(=O)OC[C@@H]1O[C@H](n2cc(F)c(=O)[nH]c2=O)CC1OCc1ccccc1. The number of aromatic nitrogens is 2. The molecule has 2 aromatic rings. The van der Waals surface area contributed by atoms with Crippen LogP contribution >= 0.6 is 0 Å². The first-order valence-corrected chi connectivity index (χ1v) is 8.39. The van der Waals surface area contributed by atoms with Crippen molar-refractivity contribution >= 4 is 5.97 Å². The summed E-state index contributed by atoms with van der Waals surface area (Å²) in [6.07, 6.45) is -0.954. The van der Waals surface area contributed by atoms with Gasteiger partial charge in [-0.2, -0.15) is 4.39 Å². The summed E-state index contributed by atoms with van der Waals surface area (Å²) in [6, 6.07) is 9.45. The van der Waals surface area contributed by atoms with E-state index in [0.29, 0.717) is 6.61 Å². The zero-order valence-electron chi connectivity index (χ0n) is 14.6. The van der Waals surface area contributed by atoms with Crippen LogP contribution < -0.4 is 11.2 Å². The molecule has 2 heterocycles. The first-order valence-electron chi connectivity index (χ1n) is 8.39. The number of H-pyrrole nitrogens is 1. The van der Waals surface area contributed by atoms with Crippen LogP contribution in [0.15, 0.2) is 46.1 Å². The highest BCUT2D eigenvalue weighted by Crippen LogP contribution is 2.30. The predicted molar refractivity (Wildman–Crippen MR) is 91.5 cm³/mol. The van der Waals surface area contributed by atoms with Crippen LogP contribution in [-0.4, -0.2) is 34.3 Å². The standard InChI is InChI=1S/C18H19FN2O6/c1-11(22)25-10-15-14(26-9-12-5-3-2-4-6-12)7-16(27-15)21-8-13(19)17(23)20-18(21)24/h2-6,8,14-16H,7,9-10H2,1H3,(H,20,23,24)/t14?,15-,16-/m0/s1. The van der Waals surface area contributed by atoms with E-state index in [9.17, 15) is 18.8 Å². The normalized spacial score (nSPS) is 21.9. The van der Waals surface area contributed by atoms with E-state index in [2.05, 4.69) is 0 Å². The zero-order chi connectivity index (χ0) is 19.4. The van der Waals surface area contributed by atoms with Gasteiger partial charge in [0.05, 0.1) is 18.9 Å². The van der Waals surface area contributed by atoms with E-state index in [4.69, 9.17) is 14.2 Å². The maximum absolute atomic E-state index is 13.6. The Morgan fingerprint density at radius 3 is 2.78 bits per heavy atom. The quantitative estimate of drug-likeness (QED) is 0.756. The van der Waals surface area contributed by atoms with E-state index in [-0.39, 0.29) is 13.0 Å². The van der Waals surface area contributed by atoms with Gasteiger partial charge in [-0.3, -0.25) is 19.1 Å². The molecule has 1 aliphatic rings. The Balaban J connectivity index is 1.76. The van der Waals surface area contributed by atoms with Crippen LogP contribution in [0.25, 0.3) is 0 Å². The second-order valence-corrected chi connectivity index (χ2v) is 6.15. The van der Waals surface area contributed by atoms with Crippen LogP contribution in [0.5, 0.6) is 0 Å². The number of carbonyl (C=O) groups is 1. The predicted octanol–water partition coefficient (Wildman–Crippen LogP) is 1.11. The maximum Gasteiger partial charge on any atom is 0.330 e. The second-order valence-electron chi connectivity index (χ2n) is 6.15. The maximum atomic E-state index is 13.6. The highest BCUT2D eigenvalue weighted by atomic mass is 19.1. The average Bonchev–Trinajstić information content (AvgIpc) is 3.05. The summed E-state index contributed by atoms with van der Waals surface area (Å²) in [7, 11) is 0. The molecule has 8 nitrogen and oxygen atoms in total. The number of nitrogens with one attached hydrogen (secondary N) is 1. The van der Waals surface area contributed by atoms with Gasteiger partial charge in [-0.25, -0.2) is 4.79 Å². The number of halogens is 1. The molecular weight excluding hydrogens is 359 g/mol. The Hall–Kier alpha value is -2.78. The Morgan fingerprint density at radius 1 is 1.33 bits per heavy atom. The third-order valence-electron chi connectivity index (χ3n) is 4.17. The molecule has 0 amide bonds. The van der Waals surface area contributed by atoms with Crippen LogP contribution in [0.4, 0.5) is 4.39 Å². The fourth-order valence-electron chi connectivity index (χ4n) is 2.85.